The standard InChI is InChI=1S/C5H8N2.C5H7N.C4H6N2O.C4H6N2S.2C4H6N2.2C4H5NO.2C4H5NS.8C2H6/c1-5-3-6-7(2)4-5;1-5-2-3-6-4-5;2*1-3-5-4(2)7-6-3;1-4-2-5-3-6-4;1-4-2-3-5-6-4;1-4-2-6-3-5-4;1-4-2-5-6-3-4;1-4-2-6-3-5-4;1-4-2-5-6-3-4;8*1-2/h3-4H,1-2H3;2-4,6H,1H3;2*1-2H3;2*2-3H,1H3,(H,5,6);4*2-3H,1H3;8*1-2H3. The average molecular weight is 1160 g/mol. The molecule has 0 aliphatic heterocycles. The number of nitrogens with zero attached hydrogens (tertiary/aromatic N) is 12. The van der Waals surface area contributed by atoms with Gasteiger partial charge in [0.05, 0.1) is 29.9 Å². The molecule has 10 heterocycles. The lowest BCUT2D eigenvalue weighted by Crippen LogP contribution is -1.83. The summed E-state index contributed by atoms with van der Waals surface area (Å²) in [5, 5.41) is 22.4. The van der Waals surface area contributed by atoms with E-state index in [0.29, 0.717) is 11.7 Å². The van der Waals surface area contributed by atoms with Crippen LogP contribution in [0.25, 0.3) is 0 Å². The first kappa shape index (κ1) is 88.9. The van der Waals surface area contributed by atoms with Crippen molar-refractivity contribution in [1.82, 2.24) is 73.9 Å². The molecule has 10 rings (SSSR count). The molecule has 0 aliphatic carbocycles. The third-order valence-electron chi connectivity index (χ3n) is 6.34. The number of hydrogen-bond donors (Lipinski definition) is 3. The number of thiazole rings is 1. The van der Waals surface area contributed by atoms with Crippen LogP contribution in [0.5, 0.6) is 0 Å². The number of aromatic nitrogens is 15. The molecule has 0 atom stereocenters. The van der Waals surface area contributed by atoms with Crippen LogP contribution < -0.4 is 0 Å². The van der Waals surface area contributed by atoms with E-state index in [1.807, 2.05) is 240 Å². The zero-order valence-corrected chi connectivity index (χ0v) is 56.6. The third-order valence-corrected chi connectivity index (χ3v) is 8.46. The van der Waals surface area contributed by atoms with Gasteiger partial charge in [-0.3, -0.25) is 14.8 Å². The van der Waals surface area contributed by atoms with Gasteiger partial charge in [-0.2, -0.15) is 19.6 Å². The van der Waals surface area contributed by atoms with Crippen molar-refractivity contribution in [3.8, 4) is 0 Å². The summed E-state index contributed by atoms with van der Waals surface area (Å²) in [6.07, 6.45) is 21.0. The van der Waals surface area contributed by atoms with Crippen LogP contribution in [0, 0.1) is 83.1 Å². The van der Waals surface area contributed by atoms with Crippen molar-refractivity contribution in [1.29, 1.82) is 0 Å². The van der Waals surface area contributed by atoms with E-state index in [-0.39, 0.29) is 0 Å². The van der Waals surface area contributed by atoms with Crippen molar-refractivity contribution in [3.05, 3.63) is 171 Å². The van der Waals surface area contributed by atoms with Gasteiger partial charge in [0.15, 0.2) is 12.2 Å². The molecule has 21 heteroatoms. The van der Waals surface area contributed by atoms with Gasteiger partial charge in [-0.1, -0.05) is 121 Å². The topological polar surface area (TPSA) is 234 Å². The number of rotatable bonds is 0. The van der Waals surface area contributed by atoms with Crippen LogP contribution in [0.15, 0.2) is 117 Å². The summed E-state index contributed by atoms with van der Waals surface area (Å²) in [5.41, 5.74) is 10.9. The average Bonchev–Trinajstić information content (AvgIpc) is 4.30. The molecule has 10 aromatic rings. The maximum absolute atomic E-state index is 4.60. The lowest BCUT2D eigenvalue weighted by molar-refractivity contribution is 0.389. The zero-order chi connectivity index (χ0) is 62.7. The van der Waals surface area contributed by atoms with E-state index >= 15 is 0 Å². The summed E-state index contributed by atoms with van der Waals surface area (Å²) in [6, 6.07) is 3.94. The Morgan fingerprint density at radius 3 is 1.35 bits per heavy atom. The smallest absolute Gasteiger partial charge is 0.223 e. The van der Waals surface area contributed by atoms with Crippen LogP contribution in [0.1, 0.15) is 178 Å². The van der Waals surface area contributed by atoms with Crippen LogP contribution in [0.2, 0.25) is 0 Å². The van der Waals surface area contributed by atoms with Gasteiger partial charge in [-0.25, -0.2) is 19.3 Å². The molecule has 79 heavy (non-hydrogen) atoms. The van der Waals surface area contributed by atoms with Crippen LogP contribution in [-0.2, 0) is 7.05 Å². The van der Waals surface area contributed by atoms with Gasteiger partial charge in [-0.05, 0) is 128 Å². The van der Waals surface area contributed by atoms with Gasteiger partial charge in [0.1, 0.15) is 23.4 Å². The Kier molecular flexibility index (Phi) is 82.5. The number of aryl methyl sites for hydroxylation is 13. The van der Waals surface area contributed by atoms with Gasteiger partial charge < -0.3 is 23.4 Å². The highest BCUT2D eigenvalue weighted by atomic mass is 32.1. The Balaban J connectivity index is -0.000000115. The summed E-state index contributed by atoms with van der Waals surface area (Å²) < 4.78 is 23.3. The number of aromatic amines is 3. The molecule has 0 spiro atoms. The summed E-state index contributed by atoms with van der Waals surface area (Å²) in [6.45, 7) is 55.2. The molecular weight excluding hydrogens is 1050 g/mol. The predicted molar refractivity (Wildman–Crippen MR) is 340 cm³/mol. The fourth-order valence-electron chi connectivity index (χ4n) is 3.46. The van der Waals surface area contributed by atoms with E-state index in [0.717, 1.165) is 39.2 Å². The Morgan fingerprint density at radius 1 is 0.595 bits per heavy atom. The third kappa shape index (κ3) is 71.3. The first-order chi connectivity index (χ1) is 38.1. The molecule has 450 valence electrons. The molecule has 0 aromatic carbocycles. The number of H-pyrrole nitrogens is 3. The molecule has 0 saturated carbocycles. The van der Waals surface area contributed by atoms with Crippen LogP contribution in [0.3, 0.4) is 0 Å². The highest BCUT2D eigenvalue weighted by Gasteiger charge is 1.90. The Morgan fingerprint density at radius 2 is 1.23 bits per heavy atom. The molecule has 0 saturated heterocycles. The Bertz CT molecular complexity index is 1930. The normalized spacial score (nSPS) is 7.81. The summed E-state index contributed by atoms with van der Waals surface area (Å²) in [4.78, 5) is 25.1. The van der Waals surface area contributed by atoms with Crippen LogP contribution in [0.4, 0.5) is 0 Å². The molecule has 0 radical (unpaired) electrons. The molecule has 0 fully saturated rings. The Hall–Kier alpha value is -6.71. The van der Waals surface area contributed by atoms with E-state index in [4.69, 9.17) is 0 Å². The van der Waals surface area contributed by atoms with Gasteiger partial charge in [0.2, 0.25) is 5.89 Å². The van der Waals surface area contributed by atoms with Crippen molar-refractivity contribution in [3.63, 3.8) is 0 Å². The van der Waals surface area contributed by atoms with Gasteiger partial charge >= 0.3 is 0 Å². The fraction of sp³-hybridized carbons (Fsp3) is 0.500. The quantitative estimate of drug-likeness (QED) is 0.128. The van der Waals surface area contributed by atoms with Crippen molar-refractivity contribution >= 4 is 34.4 Å². The molecule has 0 bridgehead atoms. The molecule has 0 amide bonds. The van der Waals surface area contributed by atoms with Gasteiger partial charge in [0, 0.05) is 84.6 Å². The predicted octanol–water partition coefficient (Wildman–Crippen LogP) is 18.4. The molecule has 10 aromatic heterocycles. The lowest BCUT2D eigenvalue weighted by Gasteiger charge is -1.78. The Labute approximate surface area is 491 Å². The monoisotopic (exact) mass is 1160 g/mol. The van der Waals surface area contributed by atoms with E-state index in [1.54, 1.807) is 67.3 Å². The molecule has 0 unspecified atom stereocenters. The minimum atomic E-state index is 0.623. The second-order valence-corrected chi connectivity index (χ2v) is 15.3. The number of oxazole rings is 1. The SMILES string of the molecule is CC.CC.CC.CC.CC.CC.CC.CC.Cc1cc[nH]c1.Cc1ccn[nH]1.Cc1cnc[nH]1.Cc1cnn(C)c1.Cc1cnoc1.Cc1cnsc1.Cc1cocn1.Cc1cscn1.Cc1noc(C)n1.Cc1nsc(C)n1. The fourth-order valence-corrected chi connectivity index (χ4v) is 5.00. The van der Waals surface area contributed by atoms with E-state index < -0.39 is 0 Å². The van der Waals surface area contributed by atoms with E-state index in [2.05, 4.69) is 89.6 Å². The van der Waals surface area contributed by atoms with Crippen molar-refractivity contribution in [2.24, 2.45) is 7.05 Å². The van der Waals surface area contributed by atoms with Crippen molar-refractivity contribution < 1.29 is 13.5 Å². The van der Waals surface area contributed by atoms with Crippen LogP contribution in [-0.4, -0.2) is 73.9 Å². The zero-order valence-electron chi connectivity index (χ0n) is 54.1. The first-order valence-corrected chi connectivity index (χ1v) is 29.6. The highest BCUT2D eigenvalue weighted by molar-refractivity contribution is 7.07. The van der Waals surface area contributed by atoms with Crippen molar-refractivity contribution in [2.75, 3.05) is 0 Å². The lowest BCUT2D eigenvalue weighted by atomic mass is 10.4. The van der Waals surface area contributed by atoms with Gasteiger partial charge in [0.25, 0.3) is 0 Å². The molecular formula is C58H107N15O3S3. The van der Waals surface area contributed by atoms with Crippen molar-refractivity contribution in [2.45, 2.75) is 194 Å². The van der Waals surface area contributed by atoms with Gasteiger partial charge in [-0.15, -0.1) is 11.3 Å². The number of hydrogen-bond acceptors (Lipinski definition) is 17. The van der Waals surface area contributed by atoms with E-state index in [1.165, 1.54) is 46.1 Å². The summed E-state index contributed by atoms with van der Waals surface area (Å²) in [7, 11) is 1.91. The minimum absolute atomic E-state index is 0.623. The minimum Gasteiger partial charge on any atom is -0.452 e. The highest BCUT2D eigenvalue weighted by Crippen LogP contribution is 1.99. The maximum atomic E-state index is 4.60. The van der Waals surface area contributed by atoms with Crippen LogP contribution >= 0.6 is 34.4 Å². The summed E-state index contributed by atoms with van der Waals surface area (Å²) in [5.74, 6) is 2.19. The second kappa shape index (κ2) is 73.4. The summed E-state index contributed by atoms with van der Waals surface area (Å²) >= 11 is 4.56. The number of imidazole rings is 1. The largest absolute Gasteiger partial charge is 0.452 e. The molecule has 3 N–H and O–H groups in total. The number of nitrogens with one attached hydrogen (secondary N) is 3. The first-order valence-electron chi connectivity index (χ1n) is 27.0. The second-order valence-electron chi connectivity index (χ2n) is 12.9. The van der Waals surface area contributed by atoms with E-state index in [9.17, 15) is 0 Å². The molecule has 0 aliphatic rings. The molecule has 18 nitrogen and oxygen atoms in total. The maximum Gasteiger partial charge on any atom is 0.223 e.